The summed E-state index contributed by atoms with van der Waals surface area (Å²) in [6.45, 7) is 0.397. The number of amides is 1. The van der Waals surface area contributed by atoms with Crippen molar-refractivity contribution in [1.29, 1.82) is 0 Å². The summed E-state index contributed by atoms with van der Waals surface area (Å²) in [5.41, 5.74) is 6.32. The van der Waals surface area contributed by atoms with Gasteiger partial charge in [-0.15, -0.1) is 0 Å². The van der Waals surface area contributed by atoms with Crippen LogP contribution in [-0.4, -0.2) is 21.2 Å². The molecule has 1 amide bonds. The van der Waals surface area contributed by atoms with Gasteiger partial charge >= 0.3 is 0 Å². The highest BCUT2D eigenvalue weighted by molar-refractivity contribution is 5.95. The first kappa shape index (κ1) is 9.25. The first-order valence-corrected chi connectivity index (χ1v) is 4.25. The van der Waals surface area contributed by atoms with Crippen LogP contribution >= 0.6 is 0 Å². The Morgan fingerprint density at radius 3 is 3.07 bits per heavy atom. The number of H-pyrrole nitrogens is 1. The molecular formula is C8H9N5O2. The molecule has 2 heterocycles. The van der Waals surface area contributed by atoms with E-state index in [1.807, 2.05) is 6.07 Å². The highest BCUT2D eigenvalue weighted by Gasteiger charge is 2.15. The SMILES string of the molecule is Nc1nonc1C(=O)NCc1cc[nH]c1. The molecule has 0 aliphatic heterocycles. The molecule has 15 heavy (non-hydrogen) atoms. The van der Waals surface area contributed by atoms with E-state index in [2.05, 4.69) is 25.2 Å². The minimum absolute atomic E-state index is 0.00513. The van der Waals surface area contributed by atoms with E-state index in [1.54, 1.807) is 12.4 Å². The fourth-order valence-electron chi connectivity index (χ4n) is 1.09. The number of carbonyl (C=O) groups is 1. The van der Waals surface area contributed by atoms with Crippen molar-refractivity contribution in [1.82, 2.24) is 20.6 Å². The molecule has 0 saturated carbocycles. The number of rotatable bonds is 3. The number of nitrogens with two attached hydrogens (primary N) is 1. The quantitative estimate of drug-likeness (QED) is 0.651. The zero-order valence-electron chi connectivity index (χ0n) is 7.73. The second kappa shape index (κ2) is 3.82. The highest BCUT2D eigenvalue weighted by Crippen LogP contribution is 2.04. The summed E-state index contributed by atoms with van der Waals surface area (Å²) in [5, 5.41) is 9.32. The van der Waals surface area contributed by atoms with Crippen LogP contribution in [0.1, 0.15) is 16.1 Å². The van der Waals surface area contributed by atoms with Gasteiger partial charge < -0.3 is 16.0 Å². The Morgan fingerprint density at radius 2 is 2.47 bits per heavy atom. The minimum atomic E-state index is -0.407. The second-order valence-corrected chi connectivity index (χ2v) is 2.90. The van der Waals surface area contributed by atoms with E-state index in [-0.39, 0.29) is 11.5 Å². The predicted molar refractivity (Wildman–Crippen MR) is 50.7 cm³/mol. The van der Waals surface area contributed by atoms with Crippen molar-refractivity contribution in [2.24, 2.45) is 0 Å². The van der Waals surface area contributed by atoms with Gasteiger partial charge in [0.2, 0.25) is 11.5 Å². The van der Waals surface area contributed by atoms with Crippen LogP contribution in [0.15, 0.2) is 23.1 Å². The molecule has 0 unspecified atom stereocenters. The molecule has 0 aliphatic carbocycles. The summed E-state index contributed by atoms with van der Waals surface area (Å²) < 4.78 is 4.31. The maximum atomic E-state index is 11.5. The monoisotopic (exact) mass is 207 g/mol. The van der Waals surface area contributed by atoms with E-state index < -0.39 is 5.91 Å². The van der Waals surface area contributed by atoms with E-state index in [4.69, 9.17) is 5.73 Å². The first-order valence-electron chi connectivity index (χ1n) is 4.25. The van der Waals surface area contributed by atoms with Crippen molar-refractivity contribution in [2.75, 3.05) is 5.73 Å². The van der Waals surface area contributed by atoms with Gasteiger partial charge in [0.25, 0.3) is 5.91 Å². The van der Waals surface area contributed by atoms with Crippen molar-refractivity contribution < 1.29 is 9.42 Å². The highest BCUT2D eigenvalue weighted by atomic mass is 16.6. The molecule has 0 aliphatic rings. The zero-order valence-corrected chi connectivity index (χ0v) is 7.73. The molecule has 4 N–H and O–H groups in total. The molecule has 7 heteroatoms. The van der Waals surface area contributed by atoms with Crippen molar-refractivity contribution >= 4 is 11.7 Å². The van der Waals surface area contributed by atoms with Gasteiger partial charge in [0.1, 0.15) is 0 Å². The number of nitrogen functional groups attached to an aromatic ring is 1. The third-order valence-electron chi connectivity index (χ3n) is 1.84. The summed E-state index contributed by atoms with van der Waals surface area (Å²) in [5.74, 6) is -0.420. The maximum absolute atomic E-state index is 11.5. The molecule has 78 valence electrons. The van der Waals surface area contributed by atoms with Gasteiger partial charge in [-0.2, -0.15) is 0 Å². The molecule has 2 aromatic heterocycles. The van der Waals surface area contributed by atoms with Gasteiger partial charge in [-0.1, -0.05) is 0 Å². The van der Waals surface area contributed by atoms with Crippen molar-refractivity contribution in [2.45, 2.75) is 6.54 Å². The zero-order chi connectivity index (χ0) is 10.7. The van der Waals surface area contributed by atoms with Crippen LogP contribution in [0.2, 0.25) is 0 Å². The standard InChI is InChI=1S/C8H9N5O2/c9-7-6(12-15-13-7)8(14)11-4-5-1-2-10-3-5/h1-3,10H,4H2,(H2,9,13)(H,11,14). The van der Waals surface area contributed by atoms with E-state index >= 15 is 0 Å². The van der Waals surface area contributed by atoms with Crippen LogP contribution in [-0.2, 0) is 6.54 Å². The number of aromatic nitrogens is 3. The third-order valence-corrected chi connectivity index (χ3v) is 1.84. The summed E-state index contributed by atoms with van der Waals surface area (Å²) in [6.07, 6.45) is 3.55. The Bertz CT molecular complexity index is 447. The molecule has 0 spiro atoms. The van der Waals surface area contributed by atoms with Gasteiger partial charge in [-0.25, -0.2) is 4.63 Å². The number of nitrogens with one attached hydrogen (secondary N) is 2. The molecule has 0 atom stereocenters. The van der Waals surface area contributed by atoms with Crippen LogP contribution in [0.4, 0.5) is 5.82 Å². The largest absolute Gasteiger partial charge is 0.379 e. The number of nitrogens with zero attached hydrogens (tertiary/aromatic N) is 2. The minimum Gasteiger partial charge on any atom is -0.379 e. The smallest absolute Gasteiger partial charge is 0.277 e. The normalized spacial score (nSPS) is 10.1. The average molecular weight is 207 g/mol. The lowest BCUT2D eigenvalue weighted by atomic mass is 10.3. The lowest BCUT2D eigenvalue weighted by molar-refractivity contribution is 0.0941. The number of aromatic amines is 1. The van der Waals surface area contributed by atoms with Crippen LogP contribution in [0.25, 0.3) is 0 Å². The summed E-state index contributed by atoms with van der Waals surface area (Å²) in [4.78, 5) is 14.3. The van der Waals surface area contributed by atoms with Gasteiger partial charge in [-0.3, -0.25) is 4.79 Å². The summed E-state index contributed by atoms with van der Waals surface area (Å²) in [6, 6.07) is 1.85. The molecule has 0 radical (unpaired) electrons. The molecule has 0 bridgehead atoms. The number of anilines is 1. The van der Waals surface area contributed by atoms with Gasteiger partial charge in [-0.05, 0) is 21.9 Å². The average Bonchev–Trinajstić information content (AvgIpc) is 2.84. The summed E-state index contributed by atoms with van der Waals surface area (Å²) >= 11 is 0. The second-order valence-electron chi connectivity index (χ2n) is 2.90. The van der Waals surface area contributed by atoms with E-state index in [0.717, 1.165) is 5.56 Å². The molecule has 0 aromatic carbocycles. The summed E-state index contributed by atoms with van der Waals surface area (Å²) in [7, 11) is 0. The molecule has 0 fully saturated rings. The van der Waals surface area contributed by atoms with Gasteiger partial charge in [0.05, 0.1) is 0 Å². The molecule has 0 saturated heterocycles. The Kier molecular flexibility index (Phi) is 2.36. The van der Waals surface area contributed by atoms with Crippen LogP contribution in [0.3, 0.4) is 0 Å². The lowest BCUT2D eigenvalue weighted by Gasteiger charge is -1.99. The fraction of sp³-hybridized carbons (Fsp3) is 0.125. The van der Waals surface area contributed by atoms with Crippen LogP contribution < -0.4 is 11.1 Å². The maximum Gasteiger partial charge on any atom is 0.277 e. The van der Waals surface area contributed by atoms with E-state index in [1.165, 1.54) is 0 Å². The van der Waals surface area contributed by atoms with E-state index in [9.17, 15) is 4.79 Å². The van der Waals surface area contributed by atoms with Crippen molar-refractivity contribution in [3.8, 4) is 0 Å². The fourth-order valence-corrected chi connectivity index (χ4v) is 1.09. The van der Waals surface area contributed by atoms with Crippen molar-refractivity contribution in [3.63, 3.8) is 0 Å². The van der Waals surface area contributed by atoms with Crippen LogP contribution in [0, 0.1) is 0 Å². The van der Waals surface area contributed by atoms with Crippen LogP contribution in [0.5, 0.6) is 0 Å². The first-order chi connectivity index (χ1) is 7.27. The molecular weight excluding hydrogens is 198 g/mol. The van der Waals surface area contributed by atoms with Gasteiger partial charge in [0, 0.05) is 18.9 Å². The predicted octanol–water partition coefficient (Wildman–Crippen LogP) is -0.0901. The molecule has 2 aromatic rings. The van der Waals surface area contributed by atoms with Gasteiger partial charge in [0.15, 0.2) is 0 Å². The topological polar surface area (TPSA) is 110 Å². The Hall–Kier alpha value is -2.31. The number of hydrogen-bond donors (Lipinski definition) is 3. The molecule has 2 rings (SSSR count). The Balaban J connectivity index is 1.96. The lowest BCUT2D eigenvalue weighted by Crippen LogP contribution is -2.23. The number of hydrogen-bond acceptors (Lipinski definition) is 5. The van der Waals surface area contributed by atoms with E-state index in [0.29, 0.717) is 6.54 Å². The Labute approximate surface area is 84.6 Å². The molecule has 7 nitrogen and oxygen atoms in total. The number of carbonyl (C=O) groups excluding carboxylic acids is 1. The Morgan fingerprint density at radius 1 is 1.60 bits per heavy atom. The van der Waals surface area contributed by atoms with Crippen molar-refractivity contribution in [3.05, 3.63) is 29.7 Å². The third kappa shape index (κ3) is 1.96.